The van der Waals surface area contributed by atoms with Gasteiger partial charge in [-0.2, -0.15) is 13.2 Å². The average Bonchev–Trinajstić information content (AvgIpc) is 2.99. The molecule has 0 amide bonds. The van der Waals surface area contributed by atoms with E-state index in [1.165, 1.54) is 12.1 Å². The summed E-state index contributed by atoms with van der Waals surface area (Å²) in [5.41, 5.74) is 0.365. The zero-order chi connectivity index (χ0) is 18.5. The largest absolute Gasteiger partial charge is 0.417 e. The van der Waals surface area contributed by atoms with Gasteiger partial charge in [0.15, 0.2) is 0 Å². The Morgan fingerprint density at radius 1 is 0.769 bits per heavy atom. The van der Waals surface area contributed by atoms with Gasteiger partial charge in [-0.25, -0.2) is 4.39 Å². The third-order valence-electron chi connectivity index (χ3n) is 4.08. The molecule has 0 bridgehead atoms. The Morgan fingerprint density at radius 3 is 2.08 bits per heavy atom. The molecule has 1 heterocycles. The Kier molecular flexibility index (Phi) is 4.31. The Morgan fingerprint density at radius 2 is 1.38 bits per heavy atom. The van der Waals surface area contributed by atoms with Gasteiger partial charge in [0, 0.05) is 15.5 Å². The highest BCUT2D eigenvalue weighted by atomic mass is 127. The normalized spacial score (nSPS) is 12.0. The summed E-state index contributed by atoms with van der Waals surface area (Å²) in [5, 5.41) is 1.28. The van der Waals surface area contributed by atoms with Crippen LogP contribution in [0.3, 0.4) is 0 Å². The van der Waals surface area contributed by atoms with Crippen LogP contribution in [0.15, 0.2) is 60.7 Å². The number of anilines is 2. The van der Waals surface area contributed by atoms with E-state index in [0.717, 1.165) is 22.8 Å². The zero-order valence-electron chi connectivity index (χ0n) is 13.0. The van der Waals surface area contributed by atoms with E-state index in [0.29, 0.717) is 21.5 Å². The van der Waals surface area contributed by atoms with Crippen molar-refractivity contribution in [1.29, 1.82) is 0 Å². The van der Waals surface area contributed by atoms with Gasteiger partial charge in [0.25, 0.3) is 0 Å². The number of hydrogen-bond donors (Lipinski definition) is 0. The highest BCUT2D eigenvalue weighted by Crippen LogP contribution is 2.46. The molecule has 3 aromatic carbocycles. The number of nitrogens with zero attached hydrogens (tertiary/aromatic N) is 1. The van der Waals surface area contributed by atoms with Crippen LogP contribution in [0.4, 0.5) is 28.9 Å². The monoisotopic (exact) mass is 487 g/mol. The van der Waals surface area contributed by atoms with Gasteiger partial charge in [-0.1, -0.05) is 36.4 Å². The zero-order valence-corrected chi connectivity index (χ0v) is 16.0. The molecule has 0 aliphatic heterocycles. The Bertz CT molecular complexity index is 1120. The SMILES string of the molecule is Fc1ccccc1N(I)c1cccc2c1sc1c(C(F)(F)F)cccc12. The van der Waals surface area contributed by atoms with Gasteiger partial charge < -0.3 is 0 Å². The summed E-state index contributed by atoms with van der Waals surface area (Å²) in [6.45, 7) is 0. The fourth-order valence-corrected chi connectivity index (χ4v) is 5.22. The molecule has 0 radical (unpaired) electrons. The van der Waals surface area contributed by atoms with Gasteiger partial charge in [-0.05, 0) is 24.3 Å². The van der Waals surface area contributed by atoms with Crippen molar-refractivity contribution in [2.24, 2.45) is 0 Å². The number of alkyl halides is 3. The summed E-state index contributed by atoms with van der Waals surface area (Å²) in [4.78, 5) is 0. The second-order valence-corrected chi connectivity index (χ2v) is 7.65. The topological polar surface area (TPSA) is 3.24 Å². The van der Waals surface area contributed by atoms with Gasteiger partial charge >= 0.3 is 6.18 Å². The van der Waals surface area contributed by atoms with Crippen LogP contribution in [0.2, 0.25) is 0 Å². The summed E-state index contributed by atoms with van der Waals surface area (Å²) in [5.74, 6) is -0.393. The Balaban J connectivity index is 1.99. The van der Waals surface area contributed by atoms with Crippen molar-refractivity contribution in [3.63, 3.8) is 0 Å². The fraction of sp³-hybridized carbons (Fsp3) is 0.0526. The molecule has 0 saturated heterocycles. The van der Waals surface area contributed by atoms with Gasteiger partial charge in [0.05, 0.1) is 44.5 Å². The lowest BCUT2D eigenvalue weighted by Crippen LogP contribution is -2.04. The van der Waals surface area contributed by atoms with Crippen LogP contribution >= 0.6 is 34.2 Å². The quantitative estimate of drug-likeness (QED) is 0.159. The van der Waals surface area contributed by atoms with Crippen molar-refractivity contribution in [1.82, 2.24) is 0 Å². The van der Waals surface area contributed by atoms with Crippen molar-refractivity contribution in [2.45, 2.75) is 6.18 Å². The molecule has 0 aliphatic carbocycles. The van der Waals surface area contributed by atoms with Crippen molar-refractivity contribution in [3.8, 4) is 0 Å². The maximum absolute atomic E-state index is 14.2. The Hall–Kier alpha value is -1.87. The molecule has 0 spiro atoms. The highest BCUT2D eigenvalue weighted by Gasteiger charge is 2.33. The number of para-hydroxylation sites is 1. The molecule has 0 fully saturated rings. The summed E-state index contributed by atoms with van der Waals surface area (Å²) < 4.78 is 56.8. The third kappa shape index (κ3) is 2.83. The van der Waals surface area contributed by atoms with E-state index in [1.807, 2.05) is 22.9 Å². The second kappa shape index (κ2) is 6.38. The molecular formula is C19H10F4INS. The molecule has 132 valence electrons. The Labute approximate surface area is 164 Å². The van der Waals surface area contributed by atoms with Crippen molar-refractivity contribution < 1.29 is 17.6 Å². The molecule has 7 heteroatoms. The number of thiophene rings is 1. The van der Waals surface area contributed by atoms with Crippen LogP contribution in [0.1, 0.15) is 5.56 Å². The predicted octanol–water partition coefficient (Wildman–Crippen LogP) is 7.70. The molecule has 26 heavy (non-hydrogen) atoms. The van der Waals surface area contributed by atoms with Crippen LogP contribution in [-0.2, 0) is 6.18 Å². The molecule has 0 N–H and O–H groups in total. The van der Waals surface area contributed by atoms with Crippen LogP contribution in [0.25, 0.3) is 20.2 Å². The molecular weight excluding hydrogens is 477 g/mol. The first-order valence-corrected chi connectivity index (χ1v) is 9.38. The molecule has 0 unspecified atom stereocenters. The van der Waals surface area contributed by atoms with Crippen LogP contribution in [0, 0.1) is 5.82 Å². The van der Waals surface area contributed by atoms with E-state index in [9.17, 15) is 17.6 Å². The third-order valence-corrected chi connectivity index (χ3v) is 6.40. The van der Waals surface area contributed by atoms with Gasteiger partial charge in [0.1, 0.15) is 5.82 Å². The molecule has 4 rings (SSSR count). The second-order valence-electron chi connectivity index (χ2n) is 5.67. The van der Waals surface area contributed by atoms with Crippen molar-refractivity contribution in [2.75, 3.05) is 3.11 Å². The van der Waals surface area contributed by atoms with Gasteiger partial charge in [-0.3, -0.25) is 3.11 Å². The average molecular weight is 487 g/mol. The minimum absolute atomic E-state index is 0.195. The van der Waals surface area contributed by atoms with E-state index < -0.39 is 17.6 Å². The predicted molar refractivity (Wildman–Crippen MR) is 107 cm³/mol. The molecule has 0 aliphatic rings. The number of rotatable bonds is 2. The van der Waals surface area contributed by atoms with Gasteiger partial charge in [0.2, 0.25) is 0 Å². The number of halogens is 5. The van der Waals surface area contributed by atoms with E-state index in [2.05, 4.69) is 0 Å². The number of benzene rings is 3. The standard InChI is InChI=1S/C19H10F4INS/c20-14-8-1-2-9-15(14)25(24)16-10-4-6-12-11-5-3-7-13(19(21,22)23)17(11)26-18(12)16/h1-10H. The van der Waals surface area contributed by atoms with Gasteiger partial charge in [-0.15, -0.1) is 11.3 Å². The maximum atomic E-state index is 14.2. The van der Waals surface area contributed by atoms with E-state index in [-0.39, 0.29) is 4.70 Å². The smallest absolute Gasteiger partial charge is 0.279 e. The summed E-state index contributed by atoms with van der Waals surface area (Å²) in [6, 6.07) is 15.9. The molecule has 1 nitrogen and oxygen atoms in total. The maximum Gasteiger partial charge on any atom is 0.417 e. The first kappa shape index (κ1) is 17.5. The van der Waals surface area contributed by atoms with Crippen molar-refractivity contribution >= 4 is 65.7 Å². The lowest BCUT2D eigenvalue weighted by Gasteiger charge is -2.18. The van der Waals surface area contributed by atoms with Crippen LogP contribution < -0.4 is 3.11 Å². The van der Waals surface area contributed by atoms with E-state index in [1.54, 1.807) is 45.6 Å². The molecule has 1 aromatic heterocycles. The molecule has 4 aromatic rings. The molecule has 0 saturated carbocycles. The first-order chi connectivity index (χ1) is 12.4. The minimum atomic E-state index is -4.42. The van der Waals surface area contributed by atoms with E-state index >= 15 is 0 Å². The first-order valence-electron chi connectivity index (χ1n) is 7.60. The fourth-order valence-electron chi connectivity index (χ4n) is 2.92. The van der Waals surface area contributed by atoms with Crippen molar-refractivity contribution in [3.05, 3.63) is 72.0 Å². The van der Waals surface area contributed by atoms with Crippen LogP contribution in [-0.4, -0.2) is 0 Å². The number of fused-ring (bicyclic) bond motifs is 3. The highest BCUT2D eigenvalue weighted by molar-refractivity contribution is 14.1. The van der Waals surface area contributed by atoms with E-state index in [4.69, 9.17) is 0 Å². The lowest BCUT2D eigenvalue weighted by molar-refractivity contribution is -0.136. The number of hydrogen-bond acceptors (Lipinski definition) is 2. The lowest BCUT2D eigenvalue weighted by atomic mass is 10.1. The van der Waals surface area contributed by atoms with Crippen LogP contribution in [0.5, 0.6) is 0 Å². The summed E-state index contributed by atoms with van der Waals surface area (Å²) >= 11 is 3.06. The summed E-state index contributed by atoms with van der Waals surface area (Å²) in [7, 11) is 0. The summed E-state index contributed by atoms with van der Waals surface area (Å²) in [6.07, 6.45) is -4.42. The minimum Gasteiger partial charge on any atom is -0.279 e. The molecule has 0 atom stereocenters.